The van der Waals surface area contributed by atoms with Crippen molar-refractivity contribution in [2.75, 3.05) is 12.3 Å². The highest BCUT2D eigenvalue weighted by atomic mass is 19.2. The van der Waals surface area contributed by atoms with E-state index in [0.29, 0.717) is 29.5 Å². The Morgan fingerprint density at radius 3 is 2.51 bits per heavy atom. The second kappa shape index (κ2) is 10.8. The Morgan fingerprint density at radius 2 is 1.80 bits per heavy atom. The zero-order valence-corrected chi connectivity index (χ0v) is 19.4. The first-order chi connectivity index (χ1) is 16.9. The Morgan fingerprint density at radius 1 is 1.09 bits per heavy atom. The van der Waals surface area contributed by atoms with E-state index in [1.165, 1.54) is 24.4 Å². The van der Waals surface area contributed by atoms with Gasteiger partial charge in [-0.15, -0.1) is 0 Å². The van der Waals surface area contributed by atoms with Crippen LogP contribution in [0.25, 0.3) is 11.4 Å². The van der Waals surface area contributed by atoms with E-state index < -0.39 is 11.6 Å². The van der Waals surface area contributed by atoms with Gasteiger partial charge in [-0.1, -0.05) is 30.8 Å². The highest BCUT2D eigenvalue weighted by Crippen LogP contribution is 2.38. The van der Waals surface area contributed by atoms with Crippen molar-refractivity contribution in [2.45, 2.75) is 38.3 Å². The average molecular weight is 483 g/mol. The quantitative estimate of drug-likeness (QED) is 0.397. The zero-order chi connectivity index (χ0) is 24.9. The second-order valence-electron chi connectivity index (χ2n) is 8.74. The van der Waals surface area contributed by atoms with Gasteiger partial charge in [-0.25, -0.2) is 23.1 Å². The summed E-state index contributed by atoms with van der Waals surface area (Å²) in [4.78, 5) is 8.79. The fourth-order valence-corrected chi connectivity index (χ4v) is 4.46. The molecule has 4 rings (SSSR count). The van der Waals surface area contributed by atoms with Crippen LogP contribution in [0.5, 0.6) is 0 Å². The summed E-state index contributed by atoms with van der Waals surface area (Å²) in [6.07, 6.45) is 4.88. The molecule has 0 aliphatic heterocycles. The first-order valence-electron chi connectivity index (χ1n) is 11.6. The first-order valence-corrected chi connectivity index (χ1v) is 11.6. The molecule has 6 nitrogen and oxygen atoms in total. The SMILES string of the molecule is C=C(/N=C\c1nc(-c2cccc(F)c2F)n(C2CCC(CN)CC2)c1N)NCc1ccccc1F. The van der Waals surface area contributed by atoms with Crippen molar-refractivity contribution < 1.29 is 13.2 Å². The molecular formula is C26H29F3N6. The zero-order valence-electron chi connectivity index (χ0n) is 19.4. The molecule has 0 radical (unpaired) electrons. The van der Waals surface area contributed by atoms with Gasteiger partial charge in [-0.05, 0) is 56.3 Å². The van der Waals surface area contributed by atoms with Crippen molar-refractivity contribution in [1.82, 2.24) is 14.9 Å². The number of anilines is 1. The molecule has 2 aromatic carbocycles. The fourth-order valence-electron chi connectivity index (χ4n) is 4.46. The third kappa shape index (κ3) is 5.40. The van der Waals surface area contributed by atoms with Crippen LogP contribution in [0.2, 0.25) is 0 Å². The van der Waals surface area contributed by atoms with Gasteiger partial charge in [0.05, 0.1) is 11.8 Å². The van der Waals surface area contributed by atoms with Gasteiger partial charge in [0.25, 0.3) is 0 Å². The molecule has 1 saturated carbocycles. The molecule has 0 unspecified atom stereocenters. The van der Waals surface area contributed by atoms with Crippen molar-refractivity contribution in [3.8, 4) is 11.4 Å². The van der Waals surface area contributed by atoms with Gasteiger partial charge in [0.15, 0.2) is 11.6 Å². The first kappa shape index (κ1) is 24.5. The van der Waals surface area contributed by atoms with Crippen LogP contribution in [-0.2, 0) is 6.54 Å². The molecule has 1 aromatic heterocycles. The lowest BCUT2D eigenvalue weighted by Crippen LogP contribution is -2.24. The largest absolute Gasteiger partial charge is 0.383 e. The van der Waals surface area contributed by atoms with E-state index in [-0.39, 0.29) is 35.6 Å². The average Bonchev–Trinajstić information content (AvgIpc) is 3.19. The molecule has 0 saturated heterocycles. The summed E-state index contributed by atoms with van der Waals surface area (Å²) >= 11 is 0. The van der Waals surface area contributed by atoms with Crippen molar-refractivity contribution in [3.63, 3.8) is 0 Å². The Bertz CT molecular complexity index is 1230. The molecule has 184 valence electrons. The van der Waals surface area contributed by atoms with Crippen LogP contribution in [-0.4, -0.2) is 22.3 Å². The van der Waals surface area contributed by atoms with Crippen LogP contribution < -0.4 is 16.8 Å². The Balaban J connectivity index is 1.61. The van der Waals surface area contributed by atoms with E-state index in [0.717, 1.165) is 31.7 Å². The number of benzene rings is 2. The van der Waals surface area contributed by atoms with Gasteiger partial charge in [-0.3, -0.25) is 0 Å². The molecule has 0 bridgehead atoms. The van der Waals surface area contributed by atoms with Gasteiger partial charge < -0.3 is 21.4 Å². The lowest BCUT2D eigenvalue weighted by Gasteiger charge is -2.30. The number of imidazole rings is 1. The fraction of sp³-hybridized carbons (Fsp3) is 0.308. The molecule has 35 heavy (non-hydrogen) atoms. The van der Waals surface area contributed by atoms with E-state index in [4.69, 9.17) is 11.5 Å². The molecule has 1 aliphatic rings. The maximum absolute atomic E-state index is 14.7. The number of halogens is 3. The van der Waals surface area contributed by atoms with Gasteiger partial charge in [0.2, 0.25) is 0 Å². The number of nitrogens with two attached hydrogens (primary N) is 2. The molecule has 1 heterocycles. The van der Waals surface area contributed by atoms with Gasteiger partial charge in [0.1, 0.15) is 29.0 Å². The maximum Gasteiger partial charge on any atom is 0.169 e. The van der Waals surface area contributed by atoms with Crippen molar-refractivity contribution in [2.24, 2.45) is 16.6 Å². The minimum absolute atomic E-state index is 0.0208. The monoisotopic (exact) mass is 482 g/mol. The molecule has 9 heteroatoms. The number of rotatable bonds is 8. The third-order valence-electron chi connectivity index (χ3n) is 6.47. The van der Waals surface area contributed by atoms with Crippen LogP contribution in [0.1, 0.15) is 43.0 Å². The van der Waals surface area contributed by atoms with Gasteiger partial charge in [-0.2, -0.15) is 0 Å². The summed E-state index contributed by atoms with van der Waals surface area (Å²) in [6.45, 7) is 4.66. The Kier molecular flexibility index (Phi) is 7.55. The predicted molar refractivity (Wildman–Crippen MR) is 132 cm³/mol. The number of hydrogen-bond donors (Lipinski definition) is 3. The lowest BCUT2D eigenvalue weighted by atomic mass is 9.86. The maximum atomic E-state index is 14.7. The summed E-state index contributed by atoms with van der Waals surface area (Å²) in [5, 5.41) is 2.94. The van der Waals surface area contributed by atoms with Crippen LogP contribution in [0.15, 0.2) is 59.9 Å². The van der Waals surface area contributed by atoms with E-state index in [2.05, 4.69) is 21.9 Å². The molecular weight excluding hydrogens is 453 g/mol. The molecule has 0 amide bonds. The van der Waals surface area contributed by atoms with Crippen LogP contribution >= 0.6 is 0 Å². The molecule has 3 aromatic rings. The van der Waals surface area contributed by atoms with E-state index in [9.17, 15) is 13.2 Å². The second-order valence-corrected chi connectivity index (χ2v) is 8.74. The van der Waals surface area contributed by atoms with Gasteiger partial charge in [0, 0.05) is 18.2 Å². The van der Waals surface area contributed by atoms with Crippen molar-refractivity contribution in [3.05, 3.63) is 83.6 Å². The van der Waals surface area contributed by atoms with Crippen molar-refractivity contribution in [1.29, 1.82) is 0 Å². The number of hydrogen-bond acceptors (Lipinski definition) is 5. The summed E-state index contributed by atoms with van der Waals surface area (Å²) < 4.78 is 44.4. The minimum atomic E-state index is -0.978. The standard InChI is InChI=1S/C26H29F3N6/c1-16(32-14-18-5-2-3-7-21(18)27)33-15-23-25(31)35(19-11-9-17(13-30)10-12-19)26(34-23)20-6-4-8-22(28)24(20)29/h2-8,15,17,19,32H,1,9-14,30-31H2/b33-15-. The summed E-state index contributed by atoms with van der Waals surface area (Å²) in [5.41, 5.74) is 13.1. The molecule has 0 atom stereocenters. The van der Waals surface area contributed by atoms with Crippen LogP contribution in [0, 0.1) is 23.4 Å². The molecule has 0 spiro atoms. The van der Waals surface area contributed by atoms with Crippen LogP contribution in [0.3, 0.4) is 0 Å². The van der Waals surface area contributed by atoms with Crippen molar-refractivity contribution >= 4 is 12.0 Å². The summed E-state index contributed by atoms with van der Waals surface area (Å²) in [6, 6.07) is 10.4. The Hall–Kier alpha value is -3.59. The summed E-state index contributed by atoms with van der Waals surface area (Å²) in [5.74, 6) is -0.977. The van der Waals surface area contributed by atoms with E-state index in [1.54, 1.807) is 22.8 Å². The number of aliphatic imine (C=N–C) groups is 1. The topological polar surface area (TPSA) is 94.2 Å². The number of aromatic nitrogens is 2. The van der Waals surface area contributed by atoms with Crippen LogP contribution in [0.4, 0.5) is 19.0 Å². The third-order valence-corrected chi connectivity index (χ3v) is 6.47. The van der Waals surface area contributed by atoms with Gasteiger partial charge >= 0.3 is 0 Å². The Labute approximate surface area is 202 Å². The lowest BCUT2D eigenvalue weighted by molar-refractivity contribution is 0.283. The van der Waals surface area contributed by atoms with E-state index >= 15 is 0 Å². The number of nitrogens with zero attached hydrogens (tertiary/aromatic N) is 3. The smallest absolute Gasteiger partial charge is 0.169 e. The predicted octanol–water partition coefficient (Wildman–Crippen LogP) is 4.92. The van der Waals surface area contributed by atoms with E-state index in [1.807, 2.05) is 0 Å². The number of nitrogens with one attached hydrogen (secondary N) is 1. The molecule has 1 aliphatic carbocycles. The highest BCUT2D eigenvalue weighted by molar-refractivity contribution is 5.86. The molecule has 5 N–H and O–H groups in total. The highest BCUT2D eigenvalue weighted by Gasteiger charge is 2.28. The minimum Gasteiger partial charge on any atom is -0.383 e. The normalized spacial score (nSPS) is 18.2. The number of nitrogen functional groups attached to an aromatic ring is 1. The summed E-state index contributed by atoms with van der Waals surface area (Å²) in [7, 11) is 0. The molecule has 1 fully saturated rings.